The van der Waals surface area contributed by atoms with Gasteiger partial charge in [-0.3, -0.25) is 5.32 Å². The number of anilines is 4. The summed E-state index contributed by atoms with van der Waals surface area (Å²) in [6, 6.07) is 5.63. The highest BCUT2D eigenvalue weighted by molar-refractivity contribution is 5.64. The number of benzene rings is 1. The van der Waals surface area contributed by atoms with E-state index in [0.29, 0.717) is 23.4 Å². The summed E-state index contributed by atoms with van der Waals surface area (Å²) < 4.78 is 14.9. The van der Waals surface area contributed by atoms with E-state index in [1.165, 1.54) is 18.9 Å². The number of aliphatic hydroxyl groups is 1. The van der Waals surface area contributed by atoms with Crippen LogP contribution in [-0.2, 0) is 6.42 Å². The molecule has 3 aliphatic heterocycles. The van der Waals surface area contributed by atoms with Crippen molar-refractivity contribution in [1.29, 1.82) is 0 Å². The van der Waals surface area contributed by atoms with Crippen LogP contribution in [0.2, 0.25) is 0 Å². The predicted molar refractivity (Wildman–Crippen MR) is 127 cm³/mol. The maximum Gasteiger partial charge on any atom is 0.229 e. The second-order valence-corrected chi connectivity index (χ2v) is 9.77. The third kappa shape index (κ3) is 3.62. The van der Waals surface area contributed by atoms with Gasteiger partial charge in [-0.15, -0.1) is 0 Å². The average Bonchev–Trinajstić information content (AvgIpc) is 3.54. The standard InChI is InChI=1S/C24H32FN7O/c25-19-13-17(5-6-20(19)31-11-9-26-10-12-31)29-23-28-15-16-14-24(7-8-27-22(24)33)32(21(16)30-23)18-3-1-2-4-18/h5-6,13,15,18,22,26-27,33H,1-4,7-12,14H2,(H,28,29,30). The monoisotopic (exact) mass is 453 g/mol. The molecule has 0 bridgehead atoms. The maximum absolute atomic E-state index is 14.9. The quantitative estimate of drug-likeness (QED) is 0.560. The summed E-state index contributed by atoms with van der Waals surface area (Å²) in [4.78, 5) is 13.9. The normalized spacial score (nSPS) is 27.5. The van der Waals surface area contributed by atoms with Crippen molar-refractivity contribution in [3.8, 4) is 0 Å². The van der Waals surface area contributed by atoms with Crippen molar-refractivity contribution in [2.75, 3.05) is 47.8 Å². The Morgan fingerprint density at radius 2 is 1.97 bits per heavy atom. The number of rotatable bonds is 4. The van der Waals surface area contributed by atoms with Crippen LogP contribution in [0.1, 0.15) is 37.7 Å². The molecule has 9 heteroatoms. The number of hydrogen-bond acceptors (Lipinski definition) is 8. The number of piperazine rings is 1. The van der Waals surface area contributed by atoms with Crippen molar-refractivity contribution in [1.82, 2.24) is 20.6 Å². The van der Waals surface area contributed by atoms with Gasteiger partial charge in [0.05, 0.1) is 11.2 Å². The first-order valence-electron chi connectivity index (χ1n) is 12.2. The second kappa shape index (κ2) is 8.38. The summed E-state index contributed by atoms with van der Waals surface area (Å²) in [7, 11) is 0. The van der Waals surface area contributed by atoms with Crippen molar-refractivity contribution in [3.05, 3.63) is 35.8 Å². The molecule has 2 aromatic rings. The lowest BCUT2D eigenvalue weighted by atomic mass is 9.90. The average molecular weight is 454 g/mol. The topological polar surface area (TPSA) is 88.6 Å². The van der Waals surface area contributed by atoms with E-state index in [-0.39, 0.29) is 11.4 Å². The van der Waals surface area contributed by atoms with E-state index in [1.54, 1.807) is 0 Å². The van der Waals surface area contributed by atoms with Crippen molar-refractivity contribution < 1.29 is 9.50 Å². The molecule has 4 heterocycles. The Morgan fingerprint density at radius 3 is 2.70 bits per heavy atom. The first-order valence-corrected chi connectivity index (χ1v) is 12.2. The van der Waals surface area contributed by atoms with E-state index in [4.69, 9.17) is 4.98 Å². The fourth-order valence-electron chi connectivity index (χ4n) is 6.18. The fourth-order valence-corrected chi connectivity index (χ4v) is 6.18. The largest absolute Gasteiger partial charge is 0.376 e. The molecule has 1 aliphatic carbocycles. The van der Waals surface area contributed by atoms with Crippen LogP contribution in [-0.4, -0.2) is 65.6 Å². The van der Waals surface area contributed by atoms with Crippen LogP contribution in [0.5, 0.6) is 0 Å². The Morgan fingerprint density at radius 1 is 1.15 bits per heavy atom. The van der Waals surface area contributed by atoms with E-state index in [0.717, 1.165) is 69.8 Å². The van der Waals surface area contributed by atoms with Gasteiger partial charge in [0.2, 0.25) is 5.95 Å². The van der Waals surface area contributed by atoms with Gasteiger partial charge >= 0.3 is 0 Å². The van der Waals surface area contributed by atoms with E-state index in [9.17, 15) is 9.50 Å². The lowest BCUT2D eigenvalue weighted by molar-refractivity contribution is 0.0857. The Kier molecular flexibility index (Phi) is 5.35. The number of aliphatic hydroxyl groups excluding tert-OH is 1. The third-order valence-corrected chi connectivity index (χ3v) is 7.80. The molecule has 2 saturated heterocycles. The first kappa shape index (κ1) is 21.1. The number of aromatic nitrogens is 2. The Labute approximate surface area is 193 Å². The molecule has 0 amide bonds. The van der Waals surface area contributed by atoms with Gasteiger partial charge in [-0.2, -0.15) is 4.98 Å². The van der Waals surface area contributed by atoms with Crippen molar-refractivity contribution in [2.45, 2.75) is 56.3 Å². The molecule has 3 fully saturated rings. The molecule has 8 nitrogen and oxygen atoms in total. The SMILES string of the molecule is OC1NCCC12Cc1cnc(Nc3ccc(N4CCNCC4)c(F)c3)nc1N2C1CCCC1. The molecule has 2 atom stereocenters. The third-order valence-electron chi connectivity index (χ3n) is 7.80. The van der Waals surface area contributed by atoms with Gasteiger partial charge in [0.1, 0.15) is 17.9 Å². The van der Waals surface area contributed by atoms with Gasteiger partial charge in [-0.05, 0) is 44.0 Å². The molecular weight excluding hydrogens is 421 g/mol. The van der Waals surface area contributed by atoms with Crippen LogP contribution >= 0.6 is 0 Å². The second-order valence-electron chi connectivity index (χ2n) is 9.77. The van der Waals surface area contributed by atoms with Crippen molar-refractivity contribution in [3.63, 3.8) is 0 Å². The molecule has 1 saturated carbocycles. The number of halogens is 1. The summed E-state index contributed by atoms with van der Waals surface area (Å²) in [6.07, 6.45) is 7.62. The molecule has 4 aliphatic rings. The zero-order chi connectivity index (χ0) is 22.4. The number of fused-ring (bicyclic) bond motifs is 1. The number of hydrogen-bond donors (Lipinski definition) is 4. The van der Waals surface area contributed by atoms with Crippen molar-refractivity contribution >= 4 is 23.1 Å². The summed E-state index contributed by atoms with van der Waals surface area (Å²) in [5.41, 5.74) is 2.00. The van der Waals surface area contributed by atoms with Crippen molar-refractivity contribution in [2.24, 2.45) is 0 Å². The van der Waals surface area contributed by atoms with Crippen LogP contribution in [0.25, 0.3) is 0 Å². The minimum atomic E-state index is -0.574. The molecule has 0 radical (unpaired) electrons. The van der Waals surface area contributed by atoms with Gasteiger partial charge < -0.3 is 25.5 Å². The van der Waals surface area contributed by atoms with E-state index < -0.39 is 6.23 Å². The molecule has 4 N–H and O–H groups in total. The maximum atomic E-state index is 14.9. The van der Waals surface area contributed by atoms with E-state index in [1.807, 2.05) is 18.3 Å². The van der Waals surface area contributed by atoms with Gasteiger partial charge in [-0.1, -0.05) is 12.8 Å². The molecule has 1 aromatic carbocycles. The van der Waals surface area contributed by atoms with Gasteiger partial charge in [0.25, 0.3) is 0 Å². The first-order chi connectivity index (χ1) is 16.1. The zero-order valence-corrected chi connectivity index (χ0v) is 18.9. The Bertz CT molecular complexity index is 1020. The highest BCUT2D eigenvalue weighted by Gasteiger charge is 2.54. The van der Waals surface area contributed by atoms with E-state index >= 15 is 0 Å². The molecular formula is C24H32FN7O. The fraction of sp³-hybridized carbons (Fsp3) is 0.583. The minimum absolute atomic E-state index is 0.241. The van der Waals surface area contributed by atoms with Gasteiger partial charge in [-0.25, -0.2) is 9.37 Å². The molecule has 1 aromatic heterocycles. The number of nitrogens with zero attached hydrogens (tertiary/aromatic N) is 4. The van der Waals surface area contributed by atoms with Gasteiger partial charge in [0, 0.05) is 56.1 Å². The summed E-state index contributed by atoms with van der Waals surface area (Å²) in [6.45, 7) is 4.14. The Balaban J connectivity index is 1.27. The van der Waals surface area contributed by atoms with Crippen LogP contribution in [0.4, 0.5) is 27.5 Å². The molecule has 2 unspecified atom stereocenters. The zero-order valence-electron chi connectivity index (χ0n) is 18.9. The molecule has 176 valence electrons. The summed E-state index contributed by atoms with van der Waals surface area (Å²) in [5, 5.41) is 20.6. The van der Waals surface area contributed by atoms with Crippen LogP contribution in [0.15, 0.2) is 24.4 Å². The smallest absolute Gasteiger partial charge is 0.229 e. The number of nitrogens with one attached hydrogen (secondary N) is 3. The van der Waals surface area contributed by atoms with Gasteiger partial charge in [0.15, 0.2) is 0 Å². The molecule has 6 rings (SSSR count). The highest BCUT2D eigenvalue weighted by atomic mass is 19.1. The highest BCUT2D eigenvalue weighted by Crippen LogP contribution is 2.47. The minimum Gasteiger partial charge on any atom is -0.376 e. The van der Waals surface area contributed by atoms with Crippen LogP contribution in [0, 0.1) is 5.82 Å². The molecule has 33 heavy (non-hydrogen) atoms. The summed E-state index contributed by atoms with van der Waals surface area (Å²) >= 11 is 0. The summed E-state index contributed by atoms with van der Waals surface area (Å²) in [5.74, 6) is 1.14. The molecule has 1 spiro atoms. The van der Waals surface area contributed by atoms with E-state index in [2.05, 4.69) is 30.7 Å². The van der Waals surface area contributed by atoms with Crippen LogP contribution in [0.3, 0.4) is 0 Å². The lowest BCUT2D eigenvalue weighted by Crippen LogP contribution is -2.58. The predicted octanol–water partition coefficient (Wildman–Crippen LogP) is 2.12. The van der Waals surface area contributed by atoms with Crippen LogP contribution < -0.4 is 25.8 Å². The lowest BCUT2D eigenvalue weighted by Gasteiger charge is -2.42. The Hall–Kier alpha value is -2.49.